The van der Waals surface area contributed by atoms with E-state index < -0.39 is 0 Å². The fourth-order valence-electron chi connectivity index (χ4n) is 2.56. The first-order valence-corrected chi connectivity index (χ1v) is 7.95. The molecule has 0 aliphatic carbocycles. The number of nitrogens with zero attached hydrogens (tertiary/aromatic N) is 5. The standard InChI is InChI=1S/C14H27N7/c1-3-20(4-2)11-8-16-13-17-12(15)18-14(19-13)21-9-6-5-7-10-21/h3-11H2,1-2H3,(H3,15,16,17,18,19). The van der Waals surface area contributed by atoms with Crippen molar-refractivity contribution in [3.8, 4) is 0 Å². The second kappa shape index (κ2) is 7.97. The summed E-state index contributed by atoms with van der Waals surface area (Å²) in [7, 11) is 0. The highest BCUT2D eigenvalue weighted by molar-refractivity contribution is 5.42. The van der Waals surface area contributed by atoms with Crippen LogP contribution in [0.25, 0.3) is 0 Å². The number of nitrogens with two attached hydrogens (primary N) is 1. The number of likely N-dealkylation sites (N-methyl/N-ethyl adjacent to an activating group) is 1. The molecule has 1 fully saturated rings. The van der Waals surface area contributed by atoms with Gasteiger partial charge in [0.15, 0.2) is 0 Å². The lowest BCUT2D eigenvalue weighted by atomic mass is 10.1. The Hall–Kier alpha value is -1.63. The predicted molar refractivity (Wildman–Crippen MR) is 86.6 cm³/mol. The van der Waals surface area contributed by atoms with Crippen molar-refractivity contribution in [1.29, 1.82) is 0 Å². The monoisotopic (exact) mass is 293 g/mol. The molecular weight excluding hydrogens is 266 g/mol. The van der Waals surface area contributed by atoms with Crippen molar-refractivity contribution in [1.82, 2.24) is 19.9 Å². The molecule has 1 aromatic rings. The summed E-state index contributed by atoms with van der Waals surface area (Å²) in [6, 6.07) is 0. The van der Waals surface area contributed by atoms with Crippen molar-refractivity contribution >= 4 is 17.8 Å². The van der Waals surface area contributed by atoms with E-state index in [-0.39, 0.29) is 5.95 Å². The molecule has 0 aromatic carbocycles. The van der Waals surface area contributed by atoms with Gasteiger partial charge in [-0.2, -0.15) is 15.0 Å². The van der Waals surface area contributed by atoms with Crippen LogP contribution in [0.4, 0.5) is 17.8 Å². The van der Waals surface area contributed by atoms with Gasteiger partial charge in [0.25, 0.3) is 0 Å². The maximum absolute atomic E-state index is 5.81. The highest BCUT2D eigenvalue weighted by Crippen LogP contribution is 2.17. The molecule has 1 saturated heterocycles. The van der Waals surface area contributed by atoms with Crippen molar-refractivity contribution in [3.05, 3.63) is 0 Å². The number of rotatable bonds is 7. The quantitative estimate of drug-likeness (QED) is 0.781. The fourth-order valence-corrected chi connectivity index (χ4v) is 2.56. The van der Waals surface area contributed by atoms with Gasteiger partial charge in [0.2, 0.25) is 17.8 Å². The molecule has 0 atom stereocenters. The third-order valence-electron chi connectivity index (χ3n) is 3.89. The van der Waals surface area contributed by atoms with Crippen molar-refractivity contribution in [2.24, 2.45) is 0 Å². The Morgan fingerprint density at radius 1 is 1.10 bits per heavy atom. The van der Waals surface area contributed by atoms with Gasteiger partial charge in [-0.1, -0.05) is 13.8 Å². The Morgan fingerprint density at radius 2 is 1.81 bits per heavy atom. The number of aromatic nitrogens is 3. The van der Waals surface area contributed by atoms with E-state index in [0.29, 0.717) is 11.9 Å². The van der Waals surface area contributed by atoms with Crippen LogP contribution in [0.1, 0.15) is 33.1 Å². The molecule has 1 aliphatic rings. The Kier molecular flexibility index (Phi) is 5.98. The van der Waals surface area contributed by atoms with Gasteiger partial charge < -0.3 is 20.9 Å². The zero-order valence-corrected chi connectivity index (χ0v) is 13.2. The highest BCUT2D eigenvalue weighted by atomic mass is 15.3. The number of nitrogen functional groups attached to an aromatic ring is 1. The first-order chi connectivity index (χ1) is 10.2. The van der Waals surface area contributed by atoms with Crippen LogP contribution in [-0.2, 0) is 0 Å². The molecule has 7 nitrogen and oxygen atoms in total. The van der Waals surface area contributed by atoms with E-state index in [1.165, 1.54) is 19.3 Å². The van der Waals surface area contributed by atoms with Crippen LogP contribution in [0.15, 0.2) is 0 Å². The van der Waals surface area contributed by atoms with Crippen molar-refractivity contribution in [2.45, 2.75) is 33.1 Å². The van der Waals surface area contributed by atoms with E-state index in [4.69, 9.17) is 5.73 Å². The molecule has 2 heterocycles. The van der Waals surface area contributed by atoms with Gasteiger partial charge in [0.1, 0.15) is 0 Å². The summed E-state index contributed by atoms with van der Waals surface area (Å²) in [4.78, 5) is 17.5. The molecule has 0 amide bonds. The van der Waals surface area contributed by atoms with Crippen LogP contribution in [-0.4, -0.2) is 59.1 Å². The Labute approximate surface area is 127 Å². The topological polar surface area (TPSA) is 83.2 Å². The molecule has 1 aliphatic heterocycles. The number of hydrogen-bond donors (Lipinski definition) is 2. The molecule has 0 spiro atoms. The largest absolute Gasteiger partial charge is 0.368 e. The first-order valence-electron chi connectivity index (χ1n) is 7.95. The number of hydrogen-bond acceptors (Lipinski definition) is 7. The van der Waals surface area contributed by atoms with Gasteiger partial charge in [-0.15, -0.1) is 0 Å². The minimum absolute atomic E-state index is 0.288. The maximum Gasteiger partial charge on any atom is 0.231 e. The van der Waals surface area contributed by atoms with Gasteiger partial charge in [0.05, 0.1) is 0 Å². The van der Waals surface area contributed by atoms with E-state index in [9.17, 15) is 0 Å². The Morgan fingerprint density at radius 3 is 2.48 bits per heavy atom. The molecular formula is C14H27N7. The summed E-state index contributed by atoms with van der Waals surface area (Å²) in [5, 5.41) is 3.25. The lowest BCUT2D eigenvalue weighted by Gasteiger charge is -2.26. The van der Waals surface area contributed by atoms with Crippen molar-refractivity contribution in [3.63, 3.8) is 0 Å². The summed E-state index contributed by atoms with van der Waals surface area (Å²) >= 11 is 0. The minimum Gasteiger partial charge on any atom is -0.368 e. The lowest BCUT2D eigenvalue weighted by molar-refractivity contribution is 0.316. The summed E-state index contributed by atoms with van der Waals surface area (Å²) in [5.41, 5.74) is 5.81. The molecule has 7 heteroatoms. The van der Waals surface area contributed by atoms with E-state index in [0.717, 1.165) is 39.3 Å². The van der Waals surface area contributed by atoms with Crippen molar-refractivity contribution < 1.29 is 0 Å². The smallest absolute Gasteiger partial charge is 0.231 e. The van der Waals surface area contributed by atoms with E-state index in [2.05, 4.69) is 43.9 Å². The van der Waals surface area contributed by atoms with Crippen LogP contribution in [0.3, 0.4) is 0 Å². The second-order valence-corrected chi connectivity index (χ2v) is 5.32. The van der Waals surface area contributed by atoms with Crippen LogP contribution < -0.4 is 16.0 Å². The van der Waals surface area contributed by atoms with Gasteiger partial charge in [0, 0.05) is 26.2 Å². The molecule has 0 unspecified atom stereocenters. The van der Waals surface area contributed by atoms with Gasteiger partial charge >= 0.3 is 0 Å². The third kappa shape index (κ3) is 4.70. The van der Waals surface area contributed by atoms with E-state index in [1.807, 2.05) is 0 Å². The second-order valence-electron chi connectivity index (χ2n) is 5.32. The van der Waals surface area contributed by atoms with Gasteiger partial charge in [-0.05, 0) is 32.4 Å². The molecule has 2 rings (SSSR count). The summed E-state index contributed by atoms with van der Waals surface area (Å²) < 4.78 is 0. The van der Waals surface area contributed by atoms with E-state index in [1.54, 1.807) is 0 Å². The Bertz CT molecular complexity index is 427. The molecule has 0 radical (unpaired) electrons. The predicted octanol–water partition coefficient (Wildman–Crippen LogP) is 1.20. The number of nitrogens with one attached hydrogen (secondary N) is 1. The van der Waals surface area contributed by atoms with Crippen LogP contribution in [0.5, 0.6) is 0 Å². The van der Waals surface area contributed by atoms with Crippen LogP contribution in [0.2, 0.25) is 0 Å². The minimum atomic E-state index is 0.288. The first kappa shape index (κ1) is 15.8. The summed E-state index contributed by atoms with van der Waals surface area (Å²) in [6.07, 6.45) is 3.67. The van der Waals surface area contributed by atoms with Gasteiger partial charge in [-0.3, -0.25) is 0 Å². The normalized spacial score (nSPS) is 15.5. The summed E-state index contributed by atoms with van der Waals surface area (Å²) in [5.74, 6) is 1.57. The molecule has 0 saturated carbocycles. The zero-order valence-electron chi connectivity index (χ0n) is 13.2. The van der Waals surface area contributed by atoms with Crippen molar-refractivity contribution in [2.75, 3.05) is 55.2 Å². The molecule has 1 aromatic heterocycles. The highest BCUT2D eigenvalue weighted by Gasteiger charge is 2.15. The lowest BCUT2D eigenvalue weighted by Crippen LogP contribution is -2.32. The number of piperidine rings is 1. The summed E-state index contributed by atoms with van der Waals surface area (Å²) in [6.45, 7) is 10.2. The van der Waals surface area contributed by atoms with Crippen LogP contribution in [0, 0.1) is 0 Å². The van der Waals surface area contributed by atoms with Gasteiger partial charge in [-0.25, -0.2) is 0 Å². The van der Waals surface area contributed by atoms with E-state index >= 15 is 0 Å². The Balaban J connectivity index is 1.94. The zero-order chi connectivity index (χ0) is 15.1. The maximum atomic E-state index is 5.81. The average molecular weight is 293 g/mol. The number of anilines is 3. The fraction of sp³-hybridized carbons (Fsp3) is 0.786. The average Bonchev–Trinajstić information content (AvgIpc) is 2.52. The molecule has 0 bridgehead atoms. The SMILES string of the molecule is CCN(CC)CCNc1nc(N)nc(N2CCCCC2)n1. The third-order valence-corrected chi connectivity index (χ3v) is 3.89. The molecule has 21 heavy (non-hydrogen) atoms. The molecule has 3 N–H and O–H groups in total. The molecule has 118 valence electrons. The van der Waals surface area contributed by atoms with Crippen LogP contribution >= 0.6 is 0 Å².